The minimum absolute atomic E-state index is 0.287. The third kappa shape index (κ3) is 2.72. The topological polar surface area (TPSA) is 38.3 Å². The molecule has 0 amide bonds. The van der Waals surface area contributed by atoms with Crippen LogP contribution in [0.4, 0.5) is 10.1 Å². The van der Waals surface area contributed by atoms with Crippen LogP contribution in [0.1, 0.15) is 18.9 Å². The van der Waals surface area contributed by atoms with Gasteiger partial charge in [0.25, 0.3) is 0 Å². The standard InChI is InChI=1S/C12H16FNO2/c1-4-10(12(15)16-3)14-11-7-5-6-9(13)8(11)2/h5-7,10,14H,4H2,1-3H3. The van der Waals surface area contributed by atoms with Gasteiger partial charge in [-0.25, -0.2) is 9.18 Å². The first-order valence-corrected chi connectivity index (χ1v) is 5.19. The smallest absolute Gasteiger partial charge is 0.328 e. The van der Waals surface area contributed by atoms with E-state index in [0.717, 1.165) is 0 Å². The van der Waals surface area contributed by atoms with Crippen LogP contribution >= 0.6 is 0 Å². The Labute approximate surface area is 94.6 Å². The molecule has 0 aliphatic rings. The second-order valence-electron chi connectivity index (χ2n) is 3.54. The maximum absolute atomic E-state index is 13.3. The number of esters is 1. The highest BCUT2D eigenvalue weighted by molar-refractivity contribution is 5.79. The number of methoxy groups -OCH3 is 1. The molecule has 0 radical (unpaired) electrons. The van der Waals surface area contributed by atoms with E-state index in [4.69, 9.17) is 0 Å². The molecule has 0 saturated heterocycles. The van der Waals surface area contributed by atoms with Gasteiger partial charge in [0.1, 0.15) is 11.9 Å². The number of halogens is 1. The van der Waals surface area contributed by atoms with Crippen LogP contribution in [0.5, 0.6) is 0 Å². The molecule has 0 aromatic heterocycles. The van der Waals surface area contributed by atoms with E-state index in [2.05, 4.69) is 10.1 Å². The number of hydrogen-bond acceptors (Lipinski definition) is 3. The molecule has 1 aromatic rings. The van der Waals surface area contributed by atoms with Crippen molar-refractivity contribution in [3.8, 4) is 0 Å². The summed E-state index contributed by atoms with van der Waals surface area (Å²) < 4.78 is 17.9. The third-order valence-corrected chi connectivity index (χ3v) is 2.49. The van der Waals surface area contributed by atoms with E-state index in [1.165, 1.54) is 13.2 Å². The first-order valence-electron chi connectivity index (χ1n) is 5.19. The Balaban J connectivity index is 2.86. The highest BCUT2D eigenvalue weighted by Gasteiger charge is 2.17. The van der Waals surface area contributed by atoms with Gasteiger partial charge in [0, 0.05) is 11.3 Å². The number of carbonyl (C=O) groups excluding carboxylic acids is 1. The number of nitrogens with one attached hydrogen (secondary N) is 1. The summed E-state index contributed by atoms with van der Waals surface area (Å²) in [6.45, 7) is 3.53. The maximum atomic E-state index is 13.3. The van der Waals surface area contributed by atoms with Gasteiger partial charge in [-0.3, -0.25) is 0 Å². The van der Waals surface area contributed by atoms with Gasteiger partial charge in [-0.15, -0.1) is 0 Å². The summed E-state index contributed by atoms with van der Waals surface area (Å²) in [4.78, 5) is 11.4. The van der Waals surface area contributed by atoms with Gasteiger partial charge in [-0.2, -0.15) is 0 Å². The average Bonchev–Trinajstić information content (AvgIpc) is 2.30. The molecule has 1 atom stereocenters. The van der Waals surface area contributed by atoms with Gasteiger partial charge < -0.3 is 10.1 Å². The Hall–Kier alpha value is -1.58. The molecule has 3 nitrogen and oxygen atoms in total. The second-order valence-corrected chi connectivity index (χ2v) is 3.54. The zero-order chi connectivity index (χ0) is 12.1. The summed E-state index contributed by atoms with van der Waals surface area (Å²) in [6, 6.07) is 4.30. The summed E-state index contributed by atoms with van der Waals surface area (Å²) in [6.07, 6.45) is 0.586. The van der Waals surface area contributed by atoms with E-state index < -0.39 is 6.04 Å². The predicted octanol–water partition coefficient (Wildman–Crippen LogP) is 2.50. The Kier molecular flexibility index (Phi) is 4.28. The van der Waals surface area contributed by atoms with Gasteiger partial charge in [0.2, 0.25) is 0 Å². The van der Waals surface area contributed by atoms with Crippen molar-refractivity contribution >= 4 is 11.7 Å². The lowest BCUT2D eigenvalue weighted by Crippen LogP contribution is -2.30. The molecule has 0 bridgehead atoms. The van der Waals surface area contributed by atoms with Crippen molar-refractivity contribution in [2.24, 2.45) is 0 Å². The number of ether oxygens (including phenoxy) is 1. The zero-order valence-corrected chi connectivity index (χ0v) is 9.71. The summed E-state index contributed by atoms with van der Waals surface area (Å²) in [5, 5.41) is 2.97. The molecule has 0 aliphatic heterocycles. The minimum Gasteiger partial charge on any atom is -0.467 e. The van der Waals surface area contributed by atoms with Crippen LogP contribution in [0.25, 0.3) is 0 Å². The number of hydrogen-bond donors (Lipinski definition) is 1. The number of benzene rings is 1. The molecule has 1 N–H and O–H groups in total. The van der Waals surface area contributed by atoms with Crippen molar-refractivity contribution in [3.05, 3.63) is 29.6 Å². The third-order valence-electron chi connectivity index (χ3n) is 2.49. The maximum Gasteiger partial charge on any atom is 0.328 e. The second kappa shape index (κ2) is 5.49. The highest BCUT2D eigenvalue weighted by atomic mass is 19.1. The van der Waals surface area contributed by atoms with Gasteiger partial charge in [-0.1, -0.05) is 13.0 Å². The van der Waals surface area contributed by atoms with E-state index >= 15 is 0 Å². The fraction of sp³-hybridized carbons (Fsp3) is 0.417. The Bertz CT molecular complexity index is 379. The first kappa shape index (κ1) is 12.5. The van der Waals surface area contributed by atoms with Crippen molar-refractivity contribution < 1.29 is 13.9 Å². The number of anilines is 1. The molecule has 16 heavy (non-hydrogen) atoms. The normalized spacial score (nSPS) is 12.0. The van der Waals surface area contributed by atoms with Crippen molar-refractivity contribution in [2.45, 2.75) is 26.3 Å². The van der Waals surface area contributed by atoms with E-state index in [0.29, 0.717) is 17.7 Å². The molecule has 1 unspecified atom stereocenters. The largest absolute Gasteiger partial charge is 0.467 e. The van der Waals surface area contributed by atoms with Gasteiger partial charge in [0.15, 0.2) is 0 Å². The lowest BCUT2D eigenvalue weighted by Gasteiger charge is -2.17. The molecule has 0 saturated carbocycles. The fourth-order valence-corrected chi connectivity index (χ4v) is 1.42. The van der Waals surface area contributed by atoms with E-state index in [1.54, 1.807) is 19.1 Å². The van der Waals surface area contributed by atoms with Crippen LogP contribution in [-0.4, -0.2) is 19.1 Å². The molecular formula is C12H16FNO2. The SMILES string of the molecule is CCC(Nc1cccc(F)c1C)C(=O)OC. The molecule has 0 spiro atoms. The molecule has 0 fully saturated rings. The summed E-state index contributed by atoms with van der Waals surface area (Å²) >= 11 is 0. The highest BCUT2D eigenvalue weighted by Crippen LogP contribution is 2.19. The molecule has 1 aromatic carbocycles. The van der Waals surface area contributed by atoms with Crippen LogP contribution in [0.3, 0.4) is 0 Å². The van der Waals surface area contributed by atoms with Crippen LogP contribution in [0.15, 0.2) is 18.2 Å². The molecular weight excluding hydrogens is 209 g/mol. The molecule has 0 aliphatic carbocycles. The van der Waals surface area contributed by atoms with Crippen molar-refractivity contribution in [3.63, 3.8) is 0 Å². The molecule has 4 heteroatoms. The lowest BCUT2D eigenvalue weighted by molar-refractivity contribution is -0.141. The van der Waals surface area contributed by atoms with Crippen molar-refractivity contribution in [1.82, 2.24) is 0 Å². The fourth-order valence-electron chi connectivity index (χ4n) is 1.42. The minimum atomic E-state index is -0.439. The Morgan fingerprint density at radius 3 is 2.81 bits per heavy atom. The number of carbonyl (C=O) groups is 1. The first-order chi connectivity index (χ1) is 7.60. The van der Waals surface area contributed by atoms with Gasteiger partial charge >= 0.3 is 5.97 Å². The number of rotatable bonds is 4. The van der Waals surface area contributed by atoms with Crippen LogP contribution in [-0.2, 0) is 9.53 Å². The quantitative estimate of drug-likeness (QED) is 0.800. The van der Waals surface area contributed by atoms with Crippen molar-refractivity contribution in [2.75, 3.05) is 12.4 Å². The van der Waals surface area contributed by atoms with Crippen LogP contribution in [0.2, 0.25) is 0 Å². The average molecular weight is 225 g/mol. The van der Waals surface area contributed by atoms with Gasteiger partial charge in [-0.05, 0) is 25.5 Å². The molecule has 0 heterocycles. The molecule has 88 valence electrons. The lowest BCUT2D eigenvalue weighted by atomic mass is 10.1. The van der Waals surface area contributed by atoms with Crippen molar-refractivity contribution in [1.29, 1.82) is 0 Å². The molecule has 1 rings (SSSR count). The summed E-state index contributed by atoms with van der Waals surface area (Å²) in [5.74, 6) is -0.629. The predicted molar refractivity (Wildman–Crippen MR) is 60.9 cm³/mol. The Morgan fingerprint density at radius 1 is 1.56 bits per heavy atom. The van der Waals surface area contributed by atoms with Crippen LogP contribution < -0.4 is 5.32 Å². The monoisotopic (exact) mass is 225 g/mol. The summed E-state index contributed by atoms with van der Waals surface area (Å²) in [7, 11) is 1.34. The summed E-state index contributed by atoms with van der Waals surface area (Å²) in [5.41, 5.74) is 1.13. The zero-order valence-electron chi connectivity index (χ0n) is 9.71. The van der Waals surface area contributed by atoms with Gasteiger partial charge in [0.05, 0.1) is 7.11 Å². The van der Waals surface area contributed by atoms with E-state index in [1.807, 2.05) is 6.92 Å². The van der Waals surface area contributed by atoms with Crippen LogP contribution in [0, 0.1) is 12.7 Å². The van der Waals surface area contributed by atoms with E-state index in [-0.39, 0.29) is 11.8 Å². The Morgan fingerprint density at radius 2 is 2.25 bits per heavy atom. The van der Waals surface area contributed by atoms with E-state index in [9.17, 15) is 9.18 Å².